The summed E-state index contributed by atoms with van der Waals surface area (Å²) in [6.07, 6.45) is 0. The third-order valence-corrected chi connectivity index (χ3v) is 11.5. The average molecular weight is 687 g/mol. The second-order valence-corrected chi connectivity index (χ2v) is 14.9. The molecule has 0 aliphatic carbocycles. The number of halogens is 2. The van der Waals surface area contributed by atoms with Crippen LogP contribution in [0.3, 0.4) is 0 Å². The number of hydrogen-bond acceptors (Lipinski definition) is 7. The van der Waals surface area contributed by atoms with E-state index in [1.54, 1.807) is 48.5 Å². The molecule has 6 nitrogen and oxygen atoms in total. The van der Waals surface area contributed by atoms with Crippen molar-refractivity contribution in [2.24, 2.45) is 0 Å². The van der Waals surface area contributed by atoms with Crippen LogP contribution in [0, 0.1) is 11.6 Å². The second kappa shape index (κ2) is 13.4. The van der Waals surface area contributed by atoms with Crippen LogP contribution in [0.25, 0.3) is 0 Å². The van der Waals surface area contributed by atoms with Crippen LogP contribution in [0.5, 0.6) is 23.0 Å². The van der Waals surface area contributed by atoms with Crippen LogP contribution < -0.4 is 9.47 Å². The molecule has 0 saturated carbocycles. The molecule has 47 heavy (non-hydrogen) atoms. The van der Waals surface area contributed by atoms with E-state index in [-0.39, 0.29) is 21.3 Å². The van der Waals surface area contributed by atoms with E-state index in [1.165, 1.54) is 72.4 Å². The normalized spacial score (nSPS) is 11.6. The van der Waals surface area contributed by atoms with Gasteiger partial charge < -0.3 is 9.47 Å². The van der Waals surface area contributed by atoms with Gasteiger partial charge in [0.1, 0.15) is 54.2 Å². The van der Waals surface area contributed by atoms with E-state index in [4.69, 9.17) is 9.47 Å². The Morgan fingerprint density at radius 3 is 1.09 bits per heavy atom. The van der Waals surface area contributed by atoms with E-state index in [0.717, 1.165) is 21.9 Å². The van der Waals surface area contributed by atoms with Crippen molar-refractivity contribution in [3.05, 3.63) is 157 Å². The maximum atomic E-state index is 14.3. The van der Waals surface area contributed by atoms with Crippen LogP contribution >= 0.6 is 11.8 Å². The molecule has 11 heteroatoms. The Labute approximate surface area is 275 Å². The first kappa shape index (κ1) is 32.0. The lowest BCUT2D eigenvalue weighted by Crippen LogP contribution is -2.06. The fraction of sp³-hybridized carbons (Fsp3) is 0. The minimum absolute atomic E-state index is 0.0648. The van der Waals surface area contributed by atoms with Crippen molar-refractivity contribution in [2.75, 3.05) is 0 Å². The molecule has 0 heterocycles. The monoisotopic (exact) mass is 686 g/mol. The summed E-state index contributed by atoms with van der Waals surface area (Å²) < 4.78 is 93.3. The highest BCUT2D eigenvalue weighted by molar-refractivity contribution is 7.99. The first-order valence-corrected chi connectivity index (χ1v) is 17.8. The molecule has 0 bridgehead atoms. The predicted molar refractivity (Wildman–Crippen MR) is 174 cm³/mol. The van der Waals surface area contributed by atoms with Gasteiger partial charge in [0.15, 0.2) is 0 Å². The Morgan fingerprint density at radius 1 is 0.404 bits per heavy atom. The van der Waals surface area contributed by atoms with Gasteiger partial charge in [-0.25, -0.2) is 25.6 Å². The Hall–Kier alpha value is -4.97. The minimum atomic E-state index is -4.18. The zero-order chi connectivity index (χ0) is 33.0. The molecule has 0 unspecified atom stereocenters. The molecule has 0 saturated heterocycles. The molecule has 0 aromatic heterocycles. The standard InChI is InChI=1S/C36H24F2O6S3/c37-29-9-1-5-13-33(29)46(39,40)35-15-7-3-11-31(35)43-25-17-21-27(22-18-25)45-28-23-19-26(20-24-28)44-32-12-4-8-16-36(32)47(41,42)34-14-6-2-10-30(34)38/h1-24H. The first-order valence-electron chi connectivity index (χ1n) is 14.0. The van der Waals surface area contributed by atoms with Gasteiger partial charge in [-0.05, 0) is 97.1 Å². The number of hydrogen-bond donors (Lipinski definition) is 0. The van der Waals surface area contributed by atoms with Crippen molar-refractivity contribution in [3.8, 4) is 23.0 Å². The molecular weight excluding hydrogens is 663 g/mol. The molecule has 6 aromatic carbocycles. The Kier molecular flexibility index (Phi) is 9.12. The quantitative estimate of drug-likeness (QED) is 0.142. The molecule has 0 spiro atoms. The zero-order valence-electron chi connectivity index (χ0n) is 24.3. The van der Waals surface area contributed by atoms with Crippen molar-refractivity contribution in [1.29, 1.82) is 0 Å². The predicted octanol–water partition coefficient (Wildman–Crippen LogP) is 9.37. The smallest absolute Gasteiger partial charge is 0.213 e. The summed E-state index contributed by atoms with van der Waals surface area (Å²) in [5.74, 6) is -0.789. The molecule has 6 rings (SSSR count). The topological polar surface area (TPSA) is 86.7 Å². The highest BCUT2D eigenvalue weighted by atomic mass is 32.2. The number of benzene rings is 6. The van der Waals surface area contributed by atoms with E-state index in [9.17, 15) is 25.6 Å². The van der Waals surface area contributed by atoms with Gasteiger partial charge in [-0.15, -0.1) is 0 Å². The maximum Gasteiger partial charge on any atom is 0.213 e. The van der Waals surface area contributed by atoms with Gasteiger partial charge in [-0.2, -0.15) is 0 Å². The van der Waals surface area contributed by atoms with E-state index >= 15 is 0 Å². The molecule has 236 valence electrons. The molecular formula is C36H24F2O6S3. The number of sulfone groups is 2. The minimum Gasteiger partial charge on any atom is -0.456 e. The van der Waals surface area contributed by atoms with Gasteiger partial charge in [0.05, 0.1) is 0 Å². The third-order valence-electron chi connectivity index (χ3n) is 6.87. The lowest BCUT2D eigenvalue weighted by molar-refractivity contribution is 0.466. The fourth-order valence-electron chi connectivity index (χ4n) is 4.62. The molecule has 0 aliphatic rings. The van der Waals surface area contributed by atoms with Gasteiger partial charge in [-0.1, -0.05) is 60.3 Å². The average Bonchev–Trinajstić information content (AvgIpc) is 3.07. The third kappa shape index (κ3) is 6.92. The second-order valence-electron chi connectivity index (χ2n) is 10.0. The lowest BCUT2D eigenvalue weighted by Gasteiger charge is -2.13. The van der Waals surface area contributed by atoms with Crippen LogP contribution in [-0.2, 0) is 19.7 Å². The van der Waals surface area contributed by atoms with E-state index < -0.39 is 41.1 Å². The van der Waals surface area contributed by atoms with E-state index in [0.29, 0.717) is 11.5 Å². The van der Waals surface area contributed by atoms with Crippen LogP contribution in [0.1, 0.15) is 0 Å². The number of para-hydroxylation sites is 2. The Bertz CT molecular complexity index is 2110. The summed E-state index contributed by atoms with van der Waals surface area (Å²) in [5.41, 5.74) is 0. The molecule has 0 N–H and O–H groups in total. The molecule has 0 aliphatic heterocycles. The van der Waals surface area contributed by atoms with Crippen LogP contribution in [0.4, 0.5) is 8.78 Å². The molecule has 0 amide bonds. The fourth-order valence-corrected chi connectivity index (χ4v) is 8.34. The van der Waals surface area contributed by atoms with Gasteiger partial charge in [0.2, 0.25) is 19.7 Å². The highest BCUT2D eigenvalue weighted by Gasteiger charge is 2.26. The summed E-state index contributed by atoms with van der Waals surface area (Å²) in [5, 5.41) is 0. The first-order chi connectivity index (χ1) is 22.6. The van der Waals surface area contributed by atoms with Crippen molar-refractivity contribution in [2.45, 2.75) is 29.4 Å². The van der Waals surface area contributed by atoms with Crippen molar-refractivity contribution in [1.82, 2.24) is 0 Å². The van der Waals surface area contributed by atoms with Crippen molar-refractivity contribution in [3.63, 3.8) is 0 Å². The number of ether oxygens (including phenoxy) is 2. The SMILES string of the molecule is O=S(=O)(c1ccccc1F)c1ccccc1Oc1ccc(Sc2ccc(Oc3ccccc3S(=O)(=O)c3ccccc3F)cc2)cc1. The van der Waals surface area contributed by atoms with Crippen molar-refractivity contribution >= 4 is 31.4 Å². The largest absolute Gasteiger partial charge is 0.456 e. The van der Waals surface area contributed by atoms with Crippen LogP contribution in [0.15, 0.2) is 175 Å². The van der Waals surface area contributed by atoms with Gasteiger partial charge >= 0.3 is 0 Å². The zero-order valence-corrected chi connectivity index (χ0v) is 26.7. The highest BCUT2D eigenvalue weighted by Crippen LogP contribution is 2.37. The van der Waals surface area contributed by atoms with Crippen LogP contribution in [0.2, 0.25) is 0 Å². The van der Waals surface area contributed by atoms with E-state index in [2.05, 4.69) is 0 Å². The molecule has 0 atom stereocenters. The van der Waals surface area contributed by atoms with Crippen LogP contribution in [-0.4, -0.2) is 16.8 Å². The van der Waals surface area contributed by atoms with Gasteiger partial charge in [0.25, 0.3) is 0 Å². The lowest BCUT2D eigenvalue weighted by atomic mass is 10.3. The Morgan fingerprint density at radius 2 is 0.723 bits per heavy atom. The maximum absolute atomic E-state index is 14.3. The summed E-state index contributed by atoms with van der Waals surface area (Å²) in [4.78, 5) is 0.544. The van der Waals surface area contributed by atoms with E-state index in [1.807, 2.05) is 24.3 Å². The summed E-state index contributed by atoms with van der Waals surface area (Å²) in [6, 6.07) is 36.5. The summed E-state index contributed by atoms with van der Waals surface area (Å²) in [6.45, 7) is 0. The van der Waals surface area contributed by atoms with Crippen molar-refractivity contribution < 1.29 is 35.1 Å². The molecule has 6 aromatic rings. The Balaban J connectivity index is 1.15. The van der Waals surface area contributed by atoms with Gasteiger partial charge in [0, 0.05) is 9.79 Å². The molecule has 0 radical (unpaired) electrons. The summed E-state index contributed by atoms with van der Waals surface area (Å²) in [7, 11) is -8.35. The molecule has 0 fully saturated rings. The van der Waals surface area contributed by atoms with Gasteiger partial charge in [-0.3, -0.25) is 0 Å². The number of rotatable bonds is 10. The summed E-state index contributed by atoms with van der Waals surface area (Å²) >= 11 is 1.44.